The molecule has 2 heteroatoms. The summed E-state index contributed by atoms with van der Waals surface area (Å²) in [7, 11) is 0. The minimum atomic E-state index is 0.447. The van der Waals surface area contributed by atoms with Gasteiger partial charge in [0.2, 0.25) is 0 Å². The lowest BCUT2D eigenvalue weighted by molar-refractivity contribution is 0.181. The first-order valence-corrected chi connectivity index (χ1v) is 4.32. The molecule has 0 aromatic rings. The molecule has 2 nitrogen and oxygen atoms in total. The summed E-state index contributed by atoms with van der Waals surface area (Å²) in [4.78, 5) is 0. The van der Waals surface area contributed by atoms with Crippen molar-refractivity contribution in [1.29, 1.82) is 0 Å². The molecule has 2 atom stereocenters. The Labute approximate surface area is 68.6 Å². The number of rotatable bonds is 4. The van der Waals surface area contributed by atoms with Gasteiger partial charge in [-0.15, -0.1) is 6.58 Å². The zero-order valence-corrected chi connectivity index (χ0v) is 7.18. The highest BCUT2D eigenvalue weighted by atomic mass is 16.5. The van der Waals surface area contributed by atoms with E-state index in [2.05, 4.69) is 18.8 Å². The molecule has 11 heavy (non-hydrogen) atoms. The number of nitrogens with one attached hydrogen (secondary N) is 1. The summed E-state index contributed by atoms with van der Waals surface area (Å²) in [6, 6.07) is 0.447. The van der Waals surface area contributed by atoms with Gasteiger partial charge in [-0.2, -0.15) is 0 Å². The van der Waals surface area contributed by atoms with Gasteiger partial charge < -0.3 is 10.1 Å². The molecule has 1 aliphatic heterocycles. The third-order valence-electron chi connectivity index (χ3n) is 2.17. The predicted octanol–water partition coefficient (Wildman–Crippen LogP) is 1.19. The summed E-state index contributed by atoms with van der Waals surface area (Å²) >= 11 is 0. The molecule has 1 N–H and O–H groups in total. The van der Waals surface area contributed by atoms with E-state index in [9.17, 15) is 0 Å². The van der Waals surface area contributed by atoms with Crippen LogP contribution in [0.3, 0.4) is 0 Å². The van der Waals surface area contributed by atoms with E-state index in [4.69, 9.17) is 4.74 Å². The Morgan fingerprint density at radius 3 is 3.09 bits per heavy atom. The number of likely N-dealkylation sites (N-methyl/N-ethyl adjacent to an activating group) is 1. The summed E-state index contributed by atoms with van der Waals surface area (Å²) in [5, 5.41) is 3.38. The van der Waals surface area contributed by atoms with Crippen LogP contribution in [0, 0.1) is 5.92 Å². The molecule has 1 rings (SSSR count). The van der Waals surface area contributed by atoms with Crippen molar-refractivity contribution in [3.8, 4) is 0 Å². The highest BCUT2D eigenvalue weighted by Crippen LogP contribution is 2.16. The molecule has 0 amide bonds. The third kappa shape index (κ3) is 2.31. The second-order valence-corrected chi connectivity index (χ2v) is 2.94. The Balaban J connectivity index is 2.33. The second kappa shape index (κ2) is 4.52. The molecular weight excluding hydrogens is 138 g/mol. The van der Waals surface area contributed by atoms with Crippen LogP contribution in [0.1, 0.15) is 13.3 Å². The minimum absolute atomic E-state index is 0.447. The van der Waals surface area contributed by atoms with Gasteiger partial charge in [0.1, 0.15) is 0 Å². The quantitative estimate of drug-likeness (QED) is 0.616. The lowest BCUT2D eigenvalue weighted by atomic mass is 9.99. The lowest BCUT2D eigenvalue weighted by Gasteiger charge is -2.18. The van der Waals surface area contributed by atoms with E-state index < -0.39 is 0 Å². The predicted molar refractivity (Wildman–Crippen MR) is 46.6 cm³/mol. The second-order valence-electron chi connectivity index (χ2n) is 2.94. The Bertz CT molecular complexity index is 119. The largest absolute Gasteiger partial charge is 0.381 e. The van der Waals surface area contributed by atoms with Crippen molar-refractivity contribution in [3.05, 3.63) is 12.7 Å². The van der Waals surface area contributed by atoms with Crippen molar-refractivity contribution in [2.75, 3.05) is 19.8 Å². The third-order valence-corrected chi connectivity index (χ3v) is 2.17. The summed E-state index contributed by atoms with van der Waals surface area (Å²) in [5.74, 6) is 0.646. The van der Waals surface area contributed by atoms with Gasteiger partial charge in [-0.1, -0.05) is 13.0 Å². The van der Waals surface area contributed by atoms with E-state index in [1.54, 1.807) is 0 Å². The molecule has 0 radical (unpaired) electrons. The average Bonchev–Trinajstić information content (AvgIpc) is 2.52. The van der Waals surface area contributed by atoms with Crippen molar-refractivity contribution in [1.82, 2.24) is 5.32 Å². The first kappa shape index (κ1) is 8.75. The van der Waals surface area contributed by atoms with Crippen LogP contribution in [0.15, 0.2) is 12.7 Å². The van der Waals surface area contributed by atoms with Crippen LogP contribution in [0.2, 0.25) is 0 Å². The molecule has 0 bridgehead atoms. The van der Waals surface area contributed by atoms with E-state index in [-0.39, 0.29) is 0 Å². The fraction of sp³-hybridized carbons (Fsp3) is 0.778. The molecule has 0 aromatic heterocycles. The monoisotopic (exact) mass is 155 g/mol. The Hall–Kier alpha value is -0.340. The molecule has 2 unspecified atom stereocenters. The maximum Gasteiger partial charge on any atom is 0.0513 e. The molecule has 1 heterocycles. The van der Waals surface area contributed by atoms with E-state index in [0.29, 0.717) is 12.0 Å². The van der Waals surface area contributed by atoms with Gasteiger partial charge in [0.05, 0.1) is 6.61 Å². The number of hydrogen-bond donors (Lipinski definition) is 1. The first-order valence-electron chi connectivity index (χ1n) is 4.32. The van der Waals surface area contributed by atoms with Crippen LogP contribution in [0.5, 0.6) is 0 Å². The molecule has 1 fully saturated rings. The van der Waals surface area contributed by atoms with Crippen molar-refractivity contribution in [3.63, 3.8) is 0 Å². The maximum absolute atomic E-state index is 5.30. The van der Waals surface area contributed by atoms with Crippen LogP contribution in [0.4, 0.5) is 0 Å². The number of ether oxygens (including phenoxy) is 1. The molecule has 1 aliphatic rings. The van der Waals surface area contributed by atoms with E-state index >= 15 is 0 Å². The normalized spacial score (nSPS) is 26.8. The Morgan fingerprint density at radius 2 is 2.64 bits per heavy atom. The van der Waals surface area contributed by atoms with Gasteiger partial charge in [0, 0.05) is 18.6 Å². The zero-order chi connectivity index (χ0) is 8.10. The summed E-state index contributed by atoms with van der Waals surface area (Å²) in [5.41, 5.74) is 0. The van der Waals surface area contributed by atoms with E-state index in [1.165, 1.54) is 6.42 Å². The minimum Gasteiger partial charge on any atom is -0.381 e. The summed E-state index contributed by atoms with van der Waals surface area (Å²) < 4.78 is 5.30. The van der Waals surface area contributed by atoms with E-state index in [0.717, 1.165) is 19.8 Å². The van der Waals surface area contributed by atoms with Gasteiger partial charge in [0.15, 0.2) is 0 Å². The maximum atomic E-state index is 5.30. The van der Waals surface area contributed by atoms with Crippen molar-refractivity contribution in [2.24, 2.45) is 5.92 Å². The number of hydrogen-bond acceptors (Lipinski definition) is 2. The van der Waals surface area contributed by atoms with Gasteiger partial charge in [-0.25, -0.2) is 0 Å². The average molecular weight is 155 g/mol. The van der Waals surface area contributed by atoms with E-state index in [1.807, 2.05) is 6.08 Å². The molecule has 0 saturated carbocycles. The highest BCUT2D eigenvalue weighted by molar-refractivity contribution is 4.92. The van der Waals surface area contributed by atoms with Gasteiger partial charge in [-0.05, 0) is 13.0 Å². The van der Waals surface area contributed by atoms with Crippen LogP contribution >= 0.6 is 0 Å². The molecule has 64 valence electrons. The smallest absolute Gasteiger partial charge is 0.0513 e. The van der Waals surface area contributed by atoms with Crippen molar-refractivity contribution < 1.29 is 4.74 Å². The fourth-order valence-electron chi connectivity index (χ4n) is 1.51. The standard InChI is InChI=1S/C9H17NO/c1-3-9(10-4-2)8-5-6-11-7-8/h3,8-10H,1,4-7H2,2H3. The highest BCUT2D eigenvalue weighted by Gasteiger charge is 2.22. The SMILES string of the molecule is C=CC(NCC)C1CCOC1. The fourth-order valence-corrected chi connectivity index (χ4v) is 1.51. The van der Waals surface area contributed by atoms with Crippen molar-refractivity contribution in [2.45, 2.75) is 19.4 Å². The summed E-state index contributed by atoms with van der Waals surface area (Å²) in [6.07, 6.45) is 3.16. The molecule has 0 aliphatic carbocycles. The van der Waals surface area contributed by atoms with Gasteiger partial charge >= 0.3 is 0 Å². The Morgan fingerprint density at radius 1 is 1.82 bits per heavy atom. The van der Waals surface area contributed by atoms with Crippen LogP contribution in [-0.4, -0.2) is 25.8 Å². The summed E-state index contributed by atoms with van der Waals surface area (Å²) in [6.45, 7) is 8.74. The van der Waals surface area contributed by atoms with Crippen LogP contribution < -0.4 is 5.32 Å². The van der Waals surface area contributed by atoms with Gasteiger partial charge in [0.25, 0.3) is 0 Å². The van der Waals surface area contributed by atoms with Crippen LogP contribution in [-0.2, 0) is 4.74 Å². The van der Waals surface area contributed by atoms with Crippen molar-refractivity contribution >= 4 is 0 Å². The molecule has 0 spiro atoms. The zero-order valence-electron chi connectivity index (χ0n) is 7.18. The lowest BCUT2D eigenvalue weighted by Crippen LogP contribution is -2.34. The van der Waals surface area contributed by atoms with Crippen LogP contribution in [0.25, 0.3) is 0 Å². The molecular formula is C9H17NO. The topological polar surface area (TPSA) is 21.3 Å². The molecule has 0 aromatic carbocycles. The first-order chi connectivity index (χ1) is 5.38. The Kier molecular flexibility index (Phi) is 3.60. The van der Waals surface area contributed by atoms with Gasteiger partial charge in [-0.3, -0.25) is 0 Å². The molecule has 1 saturated heterocycles.